The maximum atomic E-state index is 12.8. The van der Waals surface area contributed by atoms with Crippen LogP contribution in [0.15, 0.2) is 18.3 Å². The van der Waals surface area contributed by atoms with Crippen LogP contribution in [0.5, 0.6) is 0 Å². The first-order valence-corrected chi connectivity index (χ1v) is 7.90. The van der Waals surface area contributed by atoms with Crippen molar-refractivity contribution in [2.75, 3.05) is 0 Å². The number of carboxylic acid groups (broad SMARTS) is 1. The van der Waals surface area contributed by atoms with Crippen LogP contribution in [0.4, 0.5) is 0 Å². The number of amides is 1. The van der Waals surface area contributed by atoms with Crippen LogP contribution in [0.3, 0.4) is 0 Å². The van der Waals surface area contributed by atoms with Gasteiger partial charge in [-0.05, 0) is 44.4 Å². The highest BCUT2D eigenvalue weighted by Gasteiger charge is 2.42. The van der Waals surface area contributed by atoms with E-state index in [1.807, 2.05) is 19.9 Å². The summed E-state index contributed by atoms with van der Waals surface area (Å²) in [4.78, 5) is 24.3. The molecular formula is C17H21N3O3. The van der Waals surface area contributed by atoms with Crippen molar-refractivity contribution in [2.24, 2.45) is 5.92 Å². The molecule has 1 heterocycles. The molecule has 2 unspecified atom stereocenters. The molecule has 0 radical (unpaired) electrons. The average molecular weight is 315 g/mol. The molecule has 3 rings (SSSR count). The van der Waals surface area contributed by atoms with Gasteiger partial charge in [0.1, 0.15) is 0 Å². The lowest BCUT2D eigenvalue weighted by Crippen LogP contribution is -2.55. The highest BCUT2D eigenvalue weighted by molar-refractivity contribution is 6.06. The Morgan fingerprint density at radius 2 is 2.17 bits per heavy atom. The van der Waals surface area contributed by atoms with Crippen LogP contribution in [0.2, 0.25) is 0 Å². The standard InChI is InChI=1S/C17H21N3O3/c1-10-7-11-9-18-20-14(11)12(8-10)15(21)19-17(2)6-4-3-5-13(17)16(22)23/h7-9,13H,3-6H2,1-2H3,(H,18,20)(H,19,21)(H,22,23). The molecule has 6 heteroatoms. The highest BCUT2D eigenvalue weighted by Crippen LogP contribution is 2.34. The van der Waals surface area contributed by atoms with Crippen LogP contribution in [-0.4, -0.2) is 32.7 Å². The summed E-state index contributed by atoms with van der Waals surface area (Å²) >= 11 is 0. The summed E-state index contributed by atoms with van der Waals surface area (Å²) in [6.45, 7) is 3.76. The number of carbonyl (C=O) groups is 2. The van der Waals surface area contributed by atoms with Crippen molar-refractivity contribution < 1.29 is 14.7 Å². The molecule has 2 aromatic rings. The normalized spacial score (nSPS) is 24.5. The van der Waals surface area contributed by atoms with Gasteiger partial charge in [0.05, 0.1) is 28.7 Å². The lowest BCUT2D eigenvalue weighted by molar-refractivity contribution is -0.145. The second-order valence-electron chi connectivity index (χ2n) is 6.65. The molecule has 1 aromatic heterocycles. The van der Waals surface area contributed by atoms with Gasteiger partial charge in [0.25, 0.3) is 5.91 Å². The fraction of sp³-hybridized carbons (Fsp3) is 0.471. The maximum Gasteiger partial charge on any atom is 0.308 e. The number of carbonyl (C=O) groups excluding carboxylic acids is 1. The molecular weight excluding hydrogens is 294 g/mol. The van der Waals surface area contributed by atoms with E-state index in [-0.39, 0.29) is 5.91 Å². The fourth-order valence-electron chi connectivity index (χ4n) is 3.59. The van der Waals surface area contributed by atoms with E-state index in [0.717, 1.165) is 23.8 Å². The van der Waals surface area contributed by atoms with Crippen molar-refractivity contribution in [3.05, 3.63) is 29.5 Å². The zero-order valence-electron chi connectivity index (χ0n) is 13.3. The molecule has 0 saturated heterocycles. The van der Waals surface area contributed by atoms with E-state index in [2.05, 4.69) is 15.5 Å². The third-order valence-electron chi connectivity index (χ3n) is 4.84. The van der Waals surface area contributed by atoms with Gasteiger partial charge in [0.15, 0.2) is 0 Å². The zero-order chi connectivity index (χ0) is 16.6. The van der Waals surface area contributed by atoms with Gasteiger partial charge in [-0.15, -0.1) is 0 Å². The maximum absolute atomic E-state index is 12.8. The number of aryl methyl sites for hydroxylation is 1. The van der Waals surface area contributed by atoms with E-state index in [4.69, 9.17) is 0 Å². The second-order valence-corrected chi connectivity index (χ2v) is 6.65. The van der Waals surface area contributed by atoms with Crippen LogP contribution >= 0.6 is 0 Å². The van der Waals surface area contributed by atoms with Gasteiger partial charge in [-0.3, -0.25) is 14.7 Å². The van der Waals surface area contributed by atoms with E-state index < -0.39 is 17.4 Å². The van der Waals surface area contributed by atoms with Crippen molar-refractivity contribution in [3.8, 4) is 0 Å². The summed E-state index contributed by atoms with van der Waals surface area (Å²) in [5, 5.41) is 20.2. The summed E-state index contributed by atoms with van der Waals surface area (Å²) in [6, 6.07) is 3.76. The molecule has 122 valence electrons. The number of aromatic nitrogens is 2. The predicted octanol–water partition coefficient (Wildman–Crippen LogP) is 2.63. The average Bonchev–Trinajstić information content (AvgIpc) is 2.93. The minimum Gasteiger partial charge on any atom is -0.481 e. The number of benzene rings is 1. The Labute approximate surface area is 134 Å². The number of H-pyrrole nitrogens is 1. The van der Waals surface area contributed by atoms with Crippen molar-refractivity contribution in [1.82, 2.24) is 15.5 Å². The summed E-state index contributed by atoms with van der Waals surface area (Å²) in [7, 11) is 0. The van der Waals surface area contributed by atoms with Crippen LogP contribution in [-0.2, 0) is 4.79 Å². The van der Waals surface area contributed by atoms with Crippen molar-refractivity contribution in [2.45, 2.75) is 45.1 Å². The Morgan fingerprint density at radius 1 is 1.39 bits per heavy atom. The van der Waals surface area contributed by atoms with Gasteiger partial charge in [-0.1, -0.05) is 12.8 Å². The summed E-state index contributed by atoms with van der Waals surface area (Å²) in [6.07, 6.45) is 4.76. The van der Waals surface area contributed by atoms with Crippen LogP contribution in [0.1, 0.15) is 48.5 Å². The Kier molecular flexibility index (Phi) is 3.83. The molecule has 23 heavy (non-hydrogen) atoms. The Bertz CT molecular complexity index is 768. The van der Waals surface area contributed by atoms with Crippen molar-refractivity contribution >= 4 is 22.8 Å². The summed E-state index contributed by atoms with van der Waals surface area (Å²) < 4.78 is 0. The first-order valence-electron chi connectivity index (χ1n) is 7.90. The van der Waals surface area contributed by atoms with Crippen LogP contribution < -0.4 is 5.32 Å². The third-order valence-corrected chi connectivity index (χ3v) is 4.84. The SMILES string of the molecule is Cc1cc(C(=O)NC2(C)CCCCC2C(=O)O)c2[nH]ncc2c1. The molecule has 3 N–H and O–H groups in total. The number of nitrogens with zero attached hydrogens (tertiary/aromatic N) is 1. The highest BCUT2D eigenvalue weighted by atomic mass is 16.4. The molecule has 1 amide bonds. The quantitative estimate of drug-likeness (QED) is 0.811. The molecule has 1 fully saturated rings. The molecule has 0 aliphatic heterocycles. The zero-order valence-corrected chi connectivity index (χ0v) is 13.3. The minimum atomic E-state index is -0.844. The van der Waals surface area contributed by atoms with E-state index in [1.165, 1.54) is 0 Å². The smallest absolute Gasteiger partial charge is 0.308 e. The van der Waals surface area contributed by atoms with E-state index in [1.54, 1.807) is 12.3 Å². The molecule has 0 bridgehead atoms. The minimum absolute atomic E-state index is 0.251. The number of hydrogen-bond acceptors (Lipinski definition) is 3. The lowest BCUT2D eigenvalue weighted by Gasteiger charge is -2.39. The Hall–Kier alpha value is -2.37. The van der Waals surface area contributed by atoms with Crippen molar-refractivity contribution in [3.63, 3.8) is 0 Å². The summed E-state index contributed by atoms with van der Waals surface area (Å²) in [5.74, 6) is -1.65. The number of fused-ring (bicyclic) bond motifs is 1. The Balaban J connectivity index is 1.93. The van der Waals surface area contributed by atoms with Crippen molar-refractivity contribution in [1.29, 1.82) is 0 Å². The molecule has 1 saturated carbocycles. The number of aliphatic carboxylic acids is 1. The molecule has 2 atom stereocenters. The first-order chi connectivity index (χ1) is 10.9. The van der Waals surface area contributed by atoms with Gasteiger partial charge in [0.2, 0.25) is 0 Å². The van der Waals surface area contributed by atoms with Gasteiger partial charge < -0.3 is 10.4 Å². The predicted molar refractivity (Wildman–Crippen MR) is 86.3 cm³/mol. The molecule has 6 nitrogen and oxygen atoms in total. The fourth-order valence-corrected chi connectivity index (χ4v) is 3.59. The lowest BCUT2D eigenvalue weighted by atomic mass is 9.73. The topological polar surface area (TPSA) is 95.1 Å². The number of nitrogens with one attached hydrogen (secondary N) is 2. The van der Waals surface area contributed by atoms with E-state index >= 15 is 0 Å². The number of carboxylic acids is 1. The monoisotopic (exact) mass is 315 g/mol. The number of aromatic amines is 1. The molecule has 1 aliphatic rings. The van der Waals surface area contributed by atoms with Gasteiger partial charge in [-0.2, -0.15) is 5.10 Å². The van der Waals surface area contributed by atoms with Crippen LogP contribution in [0.25, 0.3) is 10.9 Å². The van der Waals surface area contributed by atoms with Crippen LogP contribution in [0, 0.1) is 12.8 Å². The van der Waals surface area contributed by atoms with Gasteiger partial charge in [0, 0.05) is 5.39 Å². The molecule has 1 aromatic carbocycles. The van der Waals surface area contributed by atoms with E-state index in [0.29, 0.717) is 23.9 Å². The first kappa shape index (κ1) is 15.5. The van der Waals surface area contributed by atoms with E-state index in [9.17, 15) is 14.7 Å². The van der Waals surface area contributed by atoms with Gasteiger partial charge in [-0.25, -0.2) is 0 Å². The molecule has 0 spiro atoms. The largest absolute Gasteiger partial charge is 0.481 e. The van der Waals surface area contributed by atoms with Gasteiger partial charge >= 0.3 is 5.97 Å². The number of hydrogen-bond donors (Lipinski definition) is 3. The number of rotatable bonds is 3. The second kappa shape index (κ2) is 5.68. The molecule has 1 aliphatic carbocycles. The third kappa shape index (κ3) is 2.81. The summed E-state index contributed by atoms with van der Waals surface area (Å²) in [5.41, 5.74) is 1.43. The Morgan fingerprint density at radius 3 is 2.91 bits per heavy atom.